The van der Waals surface area contributed by atoms with E-state index in [1.165, 1.54) is 24.8 Å². The highest BCUT2D eigenvalue weighted by Gasteiger charge is 2.72. The molecule has 0 aromatic carbocycles. The van der Waals surface area contributed by atoms with Crippen molar-refractivity contribution < 1.29 is 4.79 Å². The molecule has 21 heavy (non-hydrogen) atoms. The molecule has 1 saturated heterocycles. The molecule has 1 N–H and O–H groups in total. The molecular formula is C17H20N2OS. The van der Waals surface area contributed by atoms with Gasteiger partial charge in [0.2, 0.25) is 5.91 Å². The number of carbonyl (C=O) groups is 1. The minimum absolute atomic E-state index is 0.154. The van der Waals surface area contributed by atoms with Crippen LogP contribution in [0.4, 0.5) is 0 Å². The van der Waals surface area contributed by atoms with E-state index in [4.69, 9.17) is 0 Å². The van der Waals surface area contributed by atoms with Crippen molar-refractivity contribution in [1.82, 2.24) is 10.2 Å². The van der Waals surface area contributed by atoms with Gasteiger partial charge in [-0.15, -0.1) is 0 Å². The second-order valence-corrected chi connectivity index (χ2v) is 8.66. The van der Waals surface area contributed by atoms with E-state index in [0.29, 0.717) is 11.9 Å². The zero-order valence-corrected chi connectivity index (χ0v) is 12.8. The van der Waals surface area contributed by atoms with Gasteiger partial charge in [-0.25, -0.2) is 0 Å². The minimum atomic E-state index is -0.178. The van der Waals surface area contributed by atoms with Crippen LogP contribution in [0, 0.1) is 23.7 Å². The van der Waals surface area contributed by atoms with Gasteiger partial charge in [0.1, 0.15) is 11.7 Å². The summed E-state index contributed by atoms with van der Waals surface area (Å²) < 4.78 is 0. The van der Waals surface area contributed by atoms with Gasteiger partial charge in [-0.05, 0) is 78.2 Å². The van der Waals surface area contributed by atoms with E-state index in [9.17, 15) is 4.79 Å². The number of amides is 1. The largest absolute Gasteiger partial charge is 0.318 e. The average Bonchev–Trinajstić information content (AvgIpc) is 3.14. The molecule has 5 unspecified atom stereocenters. The van der Waals surface area contributed by atoms with E-state index in [-0.39, 0.29) is 11.7 Å². The van der Waals surface area contributed by atoms with Crippen LogP contribution in [-0.2, 0) is 4.79 Å². The predicted molar refractivity (Wildman–Crippen MR) is 80.6 cm³/mol. The normalized spacial score (nSPS) is 48.2. The van der Waals surface area contributed by atoms with Gasteiger partial charge in [0, 0.05) is 6.04 Å². The number of hydrogen-bond acceptors (Lipinski definition) is 3. The van der Waals surface area contributed by atoms with Gasteiger partial charge in [0.25, 0.3) is 0 Å². The Morgan fingerprint density at radius 2 is 2.00 bits per heavy atom. The first-order valence-corrected chi connectivity index (χ1v) is 9.35. The molecule has 2 bridgehead atoms. The summed E-state index contributed by atoms with van der Waals surface area (Å²) in [6.45, 7) is 0. The van der Waals surface area contributed by atoms with Crippen molar-refractivity contribution in [3.63, 3.8) is 0 Å². The standard InChI is InChI=1S/C17H20N2OS/c20-16-17(4-5-17)18-15(11-3-6-21-8-11)19(16)14-12-9-1-2-10(7-9)13(12)14/h3,6,8-10,12-15,18H,1-2,4-5,7H2. The summed E-state index contributed by atoms with van der Waals surface area (Å²) in [5.41, 5.74) is 1.12. The number of thiophene rings is 1. The number of carbonyl (C=O) groups excluding carboxylic acids is 1. The Balaban J connectivity index is 1.38. The maximum absolute atomic E-state index is 13.0. The predicted octanol–water partition coefficient (Wildman–Crippen LogP) is 2.76. The zero-order valence-electron chi connectivity index (χ0n) is 12.0. The molecule has 4 saturated carbocycles. The van der Waals surface area contributed by atoms with Crippen LogP contribution in [-0.4, -0.2) is 22.4 Å². The van der Waals surface area contributed by atoms with E-state index in [1.54, 1.807) is 11.3 Å². The summed E-state index contributed by atoms with van der Waals surface area (Å²) in [4.78, 5) is 15.3. The Morgan fingerprint density at radius 1 is 1.24 bits per heavy atom. The highest BCUT2D eigenvalue weighted by molar-refractivity contribution is 7.08. The lowest BCUT2D eigenvalue weighted by Gasteiger charge is -2.26. The van der Waals surface area contributed by atoms with E-state index in [0.717, 1.165) is 36.5 Å². The van der Waals surface area contributed by atoms with E-state index < -0.39 is 0 Å². The summed E-state index contributed by atoms with van der Waals surface area (Å²) in [5, 5.41) is 8.04. The third kappa shape index (κ3) is 1.32. The van der Waals surface area contributed by atoms with Crippen molar-refractivity contribution in [2.75, 3.05) is 0 Å². The van der Waals surface area contributed by atoms with Gasteiger partial charge in [0.15, 0.2) is 0 Å². The molecule has 4 heteroatoms. The average molecular weight is 300 g/mol. The van der Waals surface area contributed by atoms with Crippen LogP contribution in [0.25, 0.3) is 0 Å². The van der Waals surface area contributed by atoms with Crippen LogP contribution in [0.3, 0.4) is 0 Å². The summed E-state index contributed by atoms with van der Waals surface area (Å²) >= 11 is 1.74. The van der Waals surface area contributed by atoms with E-state index >= 15 is 0 Å². The second kappa shape index (κ2) is 3.54. The third-order valence-electron chi connectivity index (χ3n) is 6.96. The molecule has 1 amide bonds. The third-order valence-corrected chi connectivity index (χ3v) is 7.66. The van der Waals surface area contributed by atoms with Crippen molar-refractivity contribution >= 4 is 17.2 Å². The smallest absolute Gasteiger partial charge is 0.244 e. The van der Waals surface area contributed by atoms with Crippen LogP contribution in [0.5, 0.6) is 0 Å². The SMILES string of the molecule is O=C1N(C2C3C4CCC(C4)C32)C(c2ccsc2)NC12CC2. The van der Waals surface area contributed by atoms with Crippen LogP contribution in [0.15, 0.2) is 16.8 Å². The first-order valence-electron chi connectivity index (χ1n) is 8.41. The lowest BCUT2D eigenvalue weighted by atomic mass is 10.0. The monoisotopic (exact) mass is 300 g/mol. The first-order chi connectivity index (χ1) is 10.3. The summed E-state index contributed by atoms with van der Waals surface area (Å²) in [6.07, 6.45) is 6.53. The van der Waals surface area contributed by atoms with Crippen molar-refractivity contribution in [1.29, 1.82) is 0 Å². The molecule has 0 radical (unpaired) electrons. The maximum atomic E-state index is 13.0. The van der Waals surface area contributed by atoms with Crippen LogP contribution < -0.4 is 5.32 Å². The Kier molecular flexibility index (Phi) is 1.97. The molecule has 110 valence electrons. The van der Waals surface area contributed by atoms with Crippen molar-refractivity contribution in [2.24, 2.45) is 23.7 Å². The number of rotatable bonds is 2. The van der Waals surface area contributed by atoms with Gasteiger partial charge < -0.3 is 4.90 Å². The van der Waals surface area contributed by atoms with Gasteiger partial charge >= 0.3 is 0 Å². The molecule has 2 heterocycles. The van der Waals surface area contributed by atoms with Crippen LogP contribution in [0.2, 0.25) is 0 Å². The highest BCUT2D eigenvalue weighted by atomic mass is 32.1. The first kappa shape index (κ1) is 11.7. The van der Waals surface area contributed by atoms with Crippen molar-refractivity contribution in [2.45, 2.75) is 49.9 Å². The summed E-state index contributed by atoms with van der Waals surface area (Å²) in [6, 6.07) is 2.75. The van der Waals surface area contributed by atoms with Crippen LogP contribution >= 0.6 is 11.3 Å². The molecule has 1 aliphatic heterocycles. The molecule has 1 aromatic rings. The fourth-order valence-electron chi connectivity index (χ4n) is 5.87. The number of nitrogens with one attached hydrogen (secondary N) is 1. The van der Waals surface area contributed by atoms with Gasteiger partial charge in [0.05, 0.1) is 0 Å². The van der Waals surface area contributed by atoms with E-state index in [1.807, 2.05) is 0 Å². The van der Waals surface area contributed by atoms with E-state index in [2.05, 4.69) is 27.0 Å². The minimum Gasteiger partial charge on any atom is -0.318 e. The molecule has 5 fully saturated rings. The Bertz CT molecular complexity index is 607. The fourth-order valence-corrected chi connectivity index (χ4v) is 6.55. The molecule has 6 rings (SSSR count). The second-order valence-electron chi connectivity index (χ2n) is 7.88. The molecule has 5 aliphatic rings. The van der Waals surface area contributed by atoms with Crippen LogP contribution in [0.1, 0.15) is 43.8 Å². The Morgan fingerprint density at radius 3 is 2.62 bits per heavy atom. The zero-order chi connectivity index (χ0) is 13.8. The lowest BCUT2D eigenvalue weighted by Crippen LogP contribution is -2.36. The van der Waals surface area contributed by atoms with Crippen molar-refractivity contribution in [3.8, 4) is 0 Å². The summed E-state index contributed by atoms with van der Waals surface area (Å²) in [5.74, 6) is 3.94. The molecule has 3 nitrogen and oxygen atoms in total. The maximum Gasteiger partial charge on any atom is 0.244 e. The Labute approximate surface area is 128 Å². The number of nitrogens with zero attached hydrogens (tertiary/aromatic N) is 1. The number of fused-ring (bicyclic) bond motifs is 5. The summed E-state index contributed by atoms with van der Waals surface area (Å²) in [7, 11) is 0. The molecule has 4 aliphatic carbocycles. The van der Waals surface area contributed by atoms with Gasteiger partial charge in [-0.1, -0.05) is 0 Å². The molecular weight excluding hydrogens is 280 g/mol. The molecule has 1 spiro atoms. The molecule has 1 aromatic heterocycles. The van der Waals surface area contributed by atoms with Gasteiger partial charge in [-0.2, -0.15) is 11.3 Å². The Hall–Kier alpha value is -0.870. The lowest BCUT2D eigenvalue weighted by molar-refractivity contribution is -0.132. The highest BCUT2D eigenvalue weighted by Crippen LogP contribution is 2.69. The topological polar surface area (TPSA) is 32.3 Å². The molecule has 5 atom stereocenters. The van der Waals surface area contributed by atoms with Gasteiger partial charge in [-0.3, -0.25) is 10.1 Å². The van der Waals surface area contributed by atoms with Crippen molar-refractivity contribution in [3.05, 3.63) is 22.4 Å². The fraction of sp³-hybridized carbons (Fsp3) is 0.706. The quantitative estimate of drug-likeness (QED) is 0.911. The number of hydrogen-bond donors (Lipinski definition) is 1.